The van der Waals surface area contributed by atoms with E-state index in [2.05, 4.69) is 10.0 Å². The number of hydrogen-bond acceptors (Lipinski definition) is 5. The second kappa shape index (κ2) is 11.1. The van der Waals surface area contributed by atoms with Gasteiger partial charge in [-0.15, -0.1) is 0 Å². The Balaban J connectivity index is 2.08. The predicted octanol–water partition coefficient (Wildman–Crippen LogP) is 5.33. The van der Waals surface area contributed by atoms with Crippen LogP contribution < -0.4 is 14.8 Å². The number of carbonyl (C=O) groups excluding carboxylic acids is 1. The summed E-state index contributed by atoms with van der Waals surface area (Å²) in [4.78, 5) is 23.2. The third-order valence-corrected chi connectivity index (χ3v) is 6.46. The Bertz CT molecular complexity index is 1430. The molecule has 3 aromatic carbocycles. The van der Waals surface area contributed by atoms with Gasteiger partial charge in [0.05, 0.1) is 22.6 Å². The zero-order chi connectivity index (χ0) is 27.4. The number of ether oxygens (including phenoxy) is 1. The molecule has 13 heteroatoms. The van der Waals surface area contributed by atoms with Gasteiger partial charge in [-0.2, -0.15) is 13.2 Å². The fourth-order valence-electron chi connectivity index (χ4n) is 3.21. The number of hydrogen-bond donors (Lipinski definition) is 3. The number of nitrogens with one attached hydrogen (secondary N) is 2. The molecule has 0 radical (unpaired) electrons. The normalized spacial score (nSPS) is 11.6. The van der Waals surface area contributed by atoms with E-state index in [1.807, 2.05) is 0 Å². The molecule has 3 rings (SSSR count). The van der Waals surface area contributed by atoms with Gasteiger partial charge in [0.15, 0.2) is 5.75 Å². The zero-order valence-corrected chi connectivity index (χ0v) is 20.7. The van der Waals surface area contributed by atoms with Gasteiger partial charge in [0.25, 0.3) is 15.9 Å². The van der Waals surface area contributed by atoms with Gasteiger partial charge in [-0.3, -0.25) is 14.3 Å². The molecule has 3 aromatic rings. The SMILES string of the molecule is CCNC(=O)c1ccc(Oc2cc(CC(=O)O)cc(C(F)(F)F)c2)c(NS(=O)(=O)c2ccc(Cl)cc2)c1. The highest BCUT2D eigenvalue weighted by Crippen LogP contribution is 2.37. The molecule has 0 atom stereocenters. The summed E-state index contributed by atoms with van der Waals surface area (Å²) in [6.07, 6.45) is -5.50. The first kappa shape index (κ1) is 27.8. The van der Waals surface area contributed by atoms with Crippen molar-refractivity contribution in [1.82, 2.24) is 5.32 Å². The van der Waals surface area contributed by atoms with E-state index in [0.29, 0.717) is 23.7 Å². The number of alkyl halides is 3. The summed E-state index contributed by atoms with van der Waals surface area (Å²) in [7, 11) is -4.23. The van der Waals surface area contributed by atoms with Crippen LogP contribution >= 0.6 is 11.6 Å². The minimum Gasteiger partial charge on any atom is -0.481 e. The molecule has 0 spiro atoms. The van der Waals surface area contributed by atoms with Gasteiger partial charge in [0, 0.05) is 17.1 Å². The average Bonchev–Trinajstić information content (AvgIpc) is 2.79. The van der Waals surface area contributed by atoms with Crippen LogP contribution in [0, 0.1) is 0 Å². The number of sulfonamides is 1. The van der Waals surface area contributed by atoms with Crippen LogP contribution in [0.5, 0.6) is 11.5 Å². The highest BCUT2D eigenvalue weighted by molar-refractivity contribution is 7.92. The number of carboxylic acid groups (broad SMARTS) is 1. The topological polar surface area (TPSA) is 122 Å². The molecule has 37 heavy (non-hydrogen) atoms. The Morgan fingerprint density at radius 1 is 1.03 bits per heavy atom. The molecule has 0 aliphatic rings. The highest BCUT2D eigenvalue weighted by Gasteiger charge is 2.32. The maximum absolute atomic E-state index is 13.4. The predicted molar refractivity (Wildman–Crippen MR) is 130 cm³/mol. The van der Waals surface area contributed by atoms with Gasteiger partial charge in [-0.05, 0) is 73.2 Å². The van der Waals surface area contributed by atoms with Crippen LogP contribution in [0.15, 0.2) is 65.6 Å². The van der Waals surface area contributed by atoms with Gasteiger partial charge < -0.3 is 15.2 Å². The number of rotatable bonds is 9. The largest absolute Gasteiger partial charge is 0.481 e. The number of halogens is 4. The summed E-state index contributed by atoms with van der Waals surface area (Å²) < 4.78 is 74.0. The lowest BCUT2D eigenvalue weighted by Crippen LogP contribution is -2.23. The number of anilines is 1. The van der Waals surface area contributed by atoms with E-state index in [-0.39, 0.29) is 33.2 Å². The fraction of sp³-hybridized carbons (Fsp3) is 0.167. The minimum atomic E-state index is -4.80. The van der Waals surface area contributed by atoms with Crippen LogP contribution in [0.2, 0.25) is 5.02 Å². The lowest BCUT2D eigenvalue weighted by atomic mass is 10.1. The van der Waals surface area contributed by atoms with Crippen LogP contribution in [0.1, 0.15) is 28.4 Å². The van der Waals surface area contributed by atoms with Crippen molar-refractivity contribution in [3.05, 3.63) is 82.4 Å². The Morgan fingerprint density at radius 3 is 2.30 bits per heavy atom. The minimum absolute atomic E-state index is 0.0543. The van der Waals surface area contributed by atoms with Crippen LogP contribution in [0.25, 0.3) is 0 Å². The molecule has 0 saturated heterocycles. The molecule has 0 aliphatic heterocycles. The van der Waals surface area contributed by atoms with Crippen LogP contribution in [-0.4, -0.2) is 31.9 Å². The maximum atomic E-state index is 13.4. The van der Waals surface area contributed by atoms with Crippen molar-refractivity contribution in [3.8, 4) is 11.5 Å². The third kappa shape index (κ3) is 7.37. The second-order valence-electron chi connectivity index (χ2n) is 7.67. The van der Waals surface area contributed by atoms with E-state index in [4.69, 9.17) is 21.4 Å². The average molecular weight is 557 g/mol. The molecule has 8 nitrogen and oxygen atoms in total. The summed E-state index contributed by atoms with van der Waals surface area (Å²) in [5.41, 5.74) is -1.52. The molecule has 0 bridgehead atoms. The van der Waals surface area contributed by atoms with Crippen molar-refractivity contribution in [3.63, 3.8) is 0 Å². The van der Waals surface area contributed by atoms with Gasteiger partial charge in [-0.1, -0.05) is 11.6 Å². The summed E-state index contributed by atoms with van der Waals surface area (Å²) >= 11 is 5.82. The van der Waals surface area contributed by atoms with Crippen molar-refractivity contribution < 1.29 is 41.0 Å². The molecule has 3 N–H and O–H groups in total. The van der Waals surface area contributed by atoms with Crippen LogP contribution in [0.3, 0.4) is 0 Å². The van der Waals surface area contributed by atoms with Gasteiger partial charge in [0.2, 0.25) is 0 Å². The quantitative estimate of drug-likeness (QED) is 0.327. The molecule has 1 amide bonds. The number of carboxylic acids is 1. The standard InChI is InChI=1S/C24H20ClF3N2O6S/c1-2-29-23(33)15-3-8-21(20(12-15)30-37(34,35)19-6-4-17(25)5-7-19)36-18-10-14(11-22(31)32)9-16(13-18)24(26,27)28/h3-10,12-13,30H,2,11H2,1H3,(H,29,33)(H,31,32). The zero-order valence-electron chi connectivity index (χ0n) is 19.1. The molecule has 0 aliphatic carbocycles. The van der Waals surface area contributed by atoms with E-state index in [0.717, 1.165) is 6.07 Å². The summed E-state index contributed by atoms with van der Waals surface area (Å²) in [6, 6.07) is 11.3. The lowest BCUT2D eigenvalue weighted by molar-refractivity contribution is -0.138. The van der Waals surface area contributed by atoms with E-state index in [1.54, 1.807) is 6.92 Å². The number of aliphatic carboxylic acids is 1. The lowest BCUT2D eigenvalue weighted by Gasteiger charge is -2.17. The summed E-state index contributed by atoms with van der Waals surface area (Å²) in [5.74, 6) is -2.49. The Morgan fingerprint density at radius 2 is 1.70 bits per heavy atom. The molecular formula is C24H20ClF3N2O6S. The van der Waals surface area contributed by atoms with Crippen molar-refractivity contribution >= 4 is 39.2 Å². The molecular weight excluding hydrogens is 537 g/mol. The van der Waals surface area contributed by atoms with Crippen LogP contribution in [0.4, 0.5) is 18.9 Å². The first-order valence-corrected chi connectivity index (χ1v) is 12.5. The molecule has 0 unspecified atom stereocenters. The Labute approximate surface area is 215 Å². The molecule has 0 aromatic heterocycles. The van der Waals surface area contributed by atoms with E-state index < -0.39 is 40.1 Å². The summed E-state index contributed by atoms with van der Waals surface area (Å²) in [6.45, 7) is 1.97. The van der Waals surface area contributed by atoms with Crippen LogP contribution in [-0.2, 0) is 27.4 Å². The maximum Gasteiger partial charge on any atom is 0.416 e. The number of carbonyl (C=O) groups is 2. The van der Waals surface area contributed by atoms with Crippen molar-refractivity contribution in [1.29, 1.82) is 0 Å². The Kier molecular flexibility index (Phi) is 8.34. The van der Waals surface area contributed by atoms with Crippen molar-refractivity contribution in [2.45, 2.75) is 24.4 Å². The monoisotopic (exact) mass is 556 g/mol. The smallest absolute Gasteiger partial charge is 0.416 e. The van der Waals surface area contributed by atoms with E-state index >= 15 is 0 Å². The first-order chi connectivity index (χ1) is 17.3. The molecule has 0 saturated carbocycles. The second-order valence-corrected chi connectivity index (χ2v) is 9.78. The van der Waals surface area contributed by atoms with E-state index in [9.17, 15) is 31.2 Å². The highest BCUT2D eigenvalue weighted by atomic mass is 35.5. The first-order valence-electron chi connectivity index (χ1n) is 10.6. The van der Waals surface area contributed by atoms with Gasteiger partial charge in [-0.25, -0.2) is 8.42 Å². The van der Waals surface area contributed by atoms with Crippen molar-refractivity contribution in [2.75, 3.05) is 11.3 Å². The van der Waals surface area contributed by atoms with Gasteiger partial charge >= 0.3 is 12.1 Å². The van der Waals surface area contributed by atoms with Crippen molar-refractivity contribution in [2.24, 2.45) is 0 Å². The number of amides is 1. The van der Waals surface area contributed by atoms with E-state index in [1.165, 1.54) is 42.5 Å². The van der Waals surface area contributed by atoms with Gasteiger partial charge in [0.1, 0.15) is 5.75 Å². The third-order valence-electron chi connectivity index (χ3n) is 4.82. The molecule has 196 valence electrons. The Hall–Kier alpha value is -3.77. The fourth-order valence-corrected chi connectivity index (χ4v) is 4.39. The molecule has 0 heterocycles. The number of benzene rings is 3. The summed E-state index contributed by atoms with van der Waals surface area (Å²) in [5, 5.41) is 11.9. The molecule has 0 fully saturated rings.